The smallest absolute Gasteiger partial charge is 0.223 e. The maximum atomic E-state index is 4.66. The molecule has 7 nitrogen and oxygen atoms in total. The largest absolute Gasteiger partial charge is 0.348 e. The summed E-state index contributed by atoms with van der Waals surface area (Å²) in [5.41, 5.74) is 5.99. The van der Waals surface area contributed by atoms with Gasteiger partial charge in [0.05, 0.1) is 29.3 Å². The van der Waals surface area contributed by atoms with Gasteiger partial charge < -0.3 is 5.32 Å². The van der Waals surface area contributed by atoms with Crippen LogP contribution in [0.25, 0.3) is 22.6 Å². The van der Waals surface area contributed by atoms with E-state index < -0.39 is 0 Å². The molecule has 0 amide bonds. The molecule has 0 unspecified atom stereocenters. The highest BCUT2D eigenvalue weighted by atomic mass is 15.3. The van der Waals surface area contributed by atoms with Crippen LogP contribution in [-0.4, -0.2) is 29.5 Å². The van der Waals surface area contributed by atoms with Crippen molar-refractivity contribution in [2.75, 3.05) is 5.32 Å². The average molecular weight is 359 g/mol. The first-order valence-electron chi connectivity index (χ1n) is 8.76. The van der Waals surface area contributed by atoms with Crippen LogP contribution < -0.4 is 5.32 Å². The predicted octanol–water partition coefficient (Wildman–Crippen LogP) is 3.20. The second kappa shape index (κ2) is 7.03. The van der Waals surface area contributed by atoms with E-state index in [2.05, 4.69) is 43.7 Å². The number of hydrogen-bond donors (Lipinski definition) is 1. The first-order valence-corrected chi connectivity index (χ1v) is 8.76. The highest BCUT2D eigenvalue weighted by Crippen LogP contribution is 2.22. The van der Waals surface area contributed by atoms with Crippen LogP contribution in [0.5, 0.6) is 0 Å². The van der Waals surface area contributed by atoms with E-state index in [0.29, 0.717) is 12.5 Å². The molecule has 0 atom stereocenters. The van der Waals surface area contributed by atoms with E-state index in [9.17, 15) is 0 Å². The van der Waals surface area contributed by atoms with Gasteiger partial charge in [-0.25, -0.2) is 9.97 Å². The molecular formula is C20H21N7. The average Bonchev–Trinajstić information content (AvgIpc) is 3.27. The number of anilines is 1. The lowest BCUT2D eigenvalue weighted by Gasteiger charge is -2.08. The molecular weight excluding hydrogens is 338 g/mol. The van der Waals surface area contributed by atoms with Crippen molar-refractivity contribution >= 4 is 5.95 Å². The van der Waals surface area contributed by atoms with Crippen LogP contribution in [0.2, 0.25) is 0 Å². The highest BCUT2D eigenvalue weighted by molar-refractivity contribution is 5.61. The second-order valence-electron chi connectivity index (χ2n) is 6.43. The second-order valence-corrected chi connectivity index (χ2v) is 6.43. The molecule has 136 valence electrons. The molecule has 27 heavy (non-hydrogen) atoms. The molecule has 0 aliphatic carbocycles. The van der Waals surface area contributed by atoms with Crippen LogP contribution in [0, 0.1) is 6.92 Å². The third kappa shape index (κ3) is 3.44. The van der Waals surface area contributed by atoms with Crippen molar-refractivity contribution in [3.05, 3.63) is 66.1 Å². The third-order valence-electron chi connectivity index (χ3n) is 4.46. The predicted molar refractivity (Wildman–Crippen MR) is 105 cm³/mol. The molecule has 0 radical (unpaired) electrons. The monoisotopic (exact) mass is 359 g/mol. The van der Waals surface area contributed by atoms with Crippen LogP contribution in [0.3, 0.4) is 0 Å². The number of aromatic nitrogens is 6. The first kappa shape index (κ1) is 17.0. The summed E-state index contributed by atoms with van der Waals surface area (Å²) in [7, 11) is 3.86. The summed E-state index contributed by atoms with van der Waals surface area (Å²) >= 11 is 0. The molecule has 0 saturated heterocycles. The quantitative estimate of drug-likeness (QED) is 0.592. The fraction of sp³-hybridized carbons (Fsp3) is 0.200. The highest BCUT2D eigenvalue weighted by Gasteiger charge is 2.11. The Morgan fingerprint density at radius 2 is 1.81 bits per heavy atom. The van der Waals surface area contributed by atoms with Gasteiger partial charge in [-0.1, -0.05) is 30.3 Å². The van der Waals surface area contributed by atoms with Gasteiger partial charge in [-0.2, -0.15) is 10.2 Å². The van der Waals surface area contributed by atoms with Crippen LogP contribution in [-0.2, 0) is 20.6 Å². The van der Waals surface area contributed by atoms with Crippen LogP contribution in [0.4, 0.5) is 5.95 Å². The van der Waals surface area contributed by atoms with Gasteiger partial charge in [-0.15, -0.1) is 0 Å². The molecule has 0 aliphatic rings. The van der Waals surface area contributed by atoms with Gasteiger partial charge in [0, 0.05) is 26.5 Å². The Morgan fingerprint density at radius 1 is 1.00 bits per heavy atom. The van der Waals surface area contributed by atoms with Crippen molar-refractivity contribution in [1.29, 1.82) is 0 Å². The van der Waals surface area contributed by atoms with E-state index in [0.717, 1.165) is 33.9 Å². The van der Waals surface area contributed by atoms with Gasteiger partial charge in [-0.3, -0.25) is 9.36 Å². The Hall–Kier alpha value is -3.48. The number of aryl methyl sites for hydroxylation is 3. The van der Waals surface area contributed by atoms with E-state index in [1.54, 1.807) is 6.20 Å². The summed E-state index contributed by atoms with van der Waals surface area (Å²) in [6, 6.07) is 14.3. The van der Waals surface area contributed by atoms with Gasteiger partial charge in [0.2, 0.25) is 5.95 Å². The minimum atomic E-state index is 0.550. The molecule has 0 aliphatic heterocycles. The van der Waals surface area contributed by atoms with Crippen molar-refractivity contribution in [1.82, 2.24) is 29.5 Å². The first-order chi connectivity index (χ1) is 13.1. The molecule has 0 spiro atoms. The molecule has 1 N–H and O–H groups in total. The zero-order chi connectivity index (χ0) is 18.8. The van der Waals surface area contributed by atoms with E-state index in [1.165, 1.54) is 0 Å². The zero-order valence-electron chi connectivity index (χ0n) is 15.6. The van der Waals surface area contributed by atoms with E-state index in [-0.39, 0.29) is 0 Å². The number of nitrogens with one attached hydrogen (secondary N) is 1. The Morgan fingerprint density at radius 3 is 2.56 bits per heavy atom. The van der Waals surface area contributed by atoms with Gasteiger partial charge in [0.1, 0.15) is 0 Å². The molecule has 4 rings (SSSR count). The number of nitrogens with zero attached hydrogens (tertiary/aromatic N) is 6. The molecule has 3 heterocycles. The lowest BCUT2D eigenvalue weighted by atomic mass is 10.1. The zero-order valence-corrected chi connectivity index (χ0v) is 15.6. The SMILES string of the molecule is Cc1cnc(NCc2cc(-c3ccccc3)n(C)n2)nc1-c1ccnn1C. The minimum absolute atomic E-state index is 0.550. The molecule has 0 bridgehead atoms. The van der Waals surface area contributed by atoms with Gasteiger partial charge in [0.25, 0.3) is 0 Å². The van der Waals surface area contributed by atoms with Gasteiger partial charge in [0.15, 0.2) is 0 Å². The normalized spacial score (nSPS) is 10.9. The lowest BCUT2D eigenvalue weighted by molar-refractivity contribution is 0.753. The van der Waals surface area contributed by atoms with Crippen molar-refractivity contribution in [3.63, 3.8) is 0 Å². The molecule has 0 saturated carbocycles. The van der Waals surface area contributed by atoms with E-state index >= 15 is 0 Å². The summed E-state index contributed by atoms with van der Waals surface area (Å²) in [5, 5.41) is 12.1. The summed E-state index contributed by atoms with van der Waals surface area (Å²) < 4.78 is 3.70. The molecule has 4 aromatic rings. The van der Waals surface area contributed by atoms with E-state index in [1.807, 2.05) is 60.8 Å². The third-order valence-corrected chi connectivity index (χ3v) is 4.46. The van der Waals surface area contributed by atoms with Crippen molar-refractivity contribution < 1.29 is 0 Å². The maximum absolute atomic E-state index is 4.66. The van der Waals surface area contributed by atoms with Gasteiger partial charge in [-0.05, 0) is 30.2 Å². The van der Waals surface area contributed by atoms with Crippen LogP contribution in [0.15, 0.2) is 54.9 Å². The van der Waals surface area contributed by atoms with Crippen molar-refractivity contribution in [2.24, 2.45) is 14.1 Å². The molecule has 7 heteroatoms. The minimum Gasteiger partial charge on any atom is -0.348 e. The molecule has 3 aromatic heterocycles. The fourth-order valence-electron chi connectivity index (χ4n) is 3.05. The fourth-order valence-corrected chi connectivity index (χ4v) is 3.05. The van der Waals surface area contributed by atoms with Crippen molar-refractivity contribution in [2.45, 2.75) is 13.5 Å². The van der Waals surface area contributed by atoms with Crippen LogP contribution >= 0.6 is 0 Å². The number of benzene rings is 1. The van der Waals surface area contributed by atoms with E-state index in [4.69, 9.17) is 0 Å². The number of hydrogen-bond acceptors (Lipinski definition) is 5. The summed E-state index contributed by atoms with van der Waals surface area (Å²) in [6.45, 7) is 2.55. The number of rotatable bonds is 5. The Labute approximate surface area is 157 Å². The molecule has 0 fully saturated rings. The maximum Gasteiger partial charge on any atom is 0.223 e. The Bertz CT molecular complexity index is 1060. The Kier molecular flexibility index (Phi) is 4.42. The summed E-state index contributed by atoms with van der Waals surface area (Å²) in [5.74, 6) is 0.573. The summed E-state index contributed by atoms with van der Waals surface area (Å²) in [4.78, 5) is 9.05. The summed E-state index contributed by atoms with van der Waals surface area (Å²) in [6.07, 6.45) is 3.59. The lowest BCUT2D eigenvalue weighted by Crippen LogP contribution is -2.07. The van der Waals surface area contributed by atoms with Gasteiger partial charge >= 0.3 is 0 Å². The van der Waals surface area contributed by atoms with Crippen LogP contribution in [0.1, 0.15) is 11.3 Å². The standard InChI is InChI=1S/C20H21N7/c1-14-12-21-20(24-19(14)17-9-10-23-26(17)2)22-13-16-11-18(27(3)25-16)15-7-5-4-6-8-15/h4-12H,13H2,1-3H3,(H,21,22,24). The molecule has 1 aromatic carbocycles. The Balaban J connectivity index is 1.54. The topological polar surface area (TPSA) is 73.5 Å². The van der Waals surface area contributed by atoms with Crippen molar-refractivity contribution in [3.8, 4) is 22.6 Å².